The average Bonchev–Trinajstić information content (AvgIpc) is 2.63. The van der Waals surface area contributed by atoms with E-state index in [-0.39, 0.29) is 0 Å². The highest BCUT2D eigenvalue weighted by molar-refractivity contribution is 6.99. The summed E-state index contributed by atoms with van der Waals surface area (Å²) in [5.41, 5.74) is 0.413. The Kier molecular flexibility index (Phi) is 3.40. The Balaban J connectivity index is 1.98. The van der Waals surface area contributed by atoms with Gasteiger partial charge in [-0.25, -0.2) is 0 Å². The number of nitrogens with zero attached hydrogens (tertiary/aromatic N) is 3. The molecule has 1 saturated heterocycles. The molecule has 0 aromatic carbocycles. The molecule has 90 valence electrons. The predicted molar refractivity (Wildman–Crippen MR) is 69.3 cm³/mol. The molecule has 0 bridgehead atoms. The summed E-state index contributed by atoms with van der Waals surface area (Å²) in [5.74, 6) is 1.67. The first-order valence-electron chi connectivity index (χ1n) is 5.71. The fourth-order valence-electron chi connectivity index (χ4n) is 2.32. The molecule has 1 aromatic heterocycles. The van der Waals surface area contributed by atoms with Crippen LogP contribution in [0.4, 0.5) is 5.82 Å². The van der Waals surface area contributed by atoms with Gasteiger partial charge in [0, 0.05) is 13.1 Å². The van der Waals surface area contributed by atoms with E-state index >= 15 is 0 Å². The van der Waals surface area contributed by atoms with E-state index in [4.69, 9.17) is 11.6 Å². The topological polar surface area (TPSA) is 29.0 Å². The van der Waals surface area contributed by atoms with Gasteiger partial charge in [-0.1, -0.05) is 32.4 Å². The number of halogens is 1. The highest BCUT2D eigenvalue weighted by Gasteiger charge is 2.30. The molecule has 0 N–H and O–H groups in total. The summed E-state index contributed by atoms with van der Waals surface area (Å²) in [4.78, 5) is 2.26. The van der Waals surface area contributed by atoms with Crippen LogP contribution in [-0.2, 0) is 0 Å². The number of piperidine rings is 1. The van der Waals surface area contributed by atoms with Gasteiger partial charge in [-0.2, -0.15) is 8.75 Å². The molecule has 1 fully saturated rings. The zero-order valence-electron chi connectivity index (χ0n) is 10.0. The maximum atomic E-state index is 5.99. The summed E-state index contributed by atoms with van der Waals surface area (Å²) in [5, 5.41) is 0.555. The molecule has 0 aliphatic carbocycles. The highest BCUT2D eigenvalue weighted by Crippen LogP contribution is 2.36. The summed E-state index contributed by atoms with van der Waals surface area (Å²) in [6.07, 6.45) is 2.44. The molecule has 0 amide bonds. The Morgan fingerprint density at radius 1 is 1.25 bits per heavy atom. The summed E-state index contributed by atoms with van der Waals surface area (Å²) in [6, 6.07) is 0. The van der Waals surface area contributed by atoms with Crippen LogP contribution in [0.25, 0.3) is 0 Å². The second kappa shape index (κ2) is 4.49. The van der Waals surface area contributed by atoms with Gasteiger partial charge in [0.15, 0.2) is 11.0 Å². The largest absolute Gasteiger partial charge is 0.353 e. The van der Waals surface area contributed by atoms with Crippen LogP contribution in [-0.4, -0.2) is 21.8 Å². The Bertz CT molecular complexity index is 350. The Labute approximate surface area is 106 Å². The minimum atomic E-state index is 0.413. The van der Waals surface area contributed by atoms with E-state index < -0.39 is 0 Å². The van der Waals surface area contributed by atoms with E-state index in [9.17, 15) is 0 Å². The third-order valence-corrected chi connectivity index (χ3v) is 4.32. The fraction of sp³-hybridized carbons (Fsp3) is 0.818. The van der Waals surface area contributed by atoms with Crippen LogP contribution in [0.5, 0.6) is 0 Å². The summed E-state index contributed by atoms with van der Waals surface area (Å²) >= 11 is 7.19. The fourth-order valence-corrected chi connectivity index (χ4v) is 3.10. The normalized spacial score (nSPS) is 19.1. The van der Waals surface area contributed by atoms with Gasteiger partial charge in [-0.15, -0.1) is 0 Å². The van der Waals surface area contributed by atoms with E-state index in [1.165, 1.54) is 24.6 Å². The lowest BCUT2D eigenvalue weighted by Crippen LogP contribution is -2.38. The molecule has 2 rings (SSSR count). The van der Waals surface area contributed by atoms with Crippen molar-refractivity contribution >= 4 is 29.1 Å². The lowest BCUT2D eigenvalue weighted by Gasteiger charge is -2.38. The maximum Gasteiger partial charge on any atom is 0.187 e. The van der Waals surface area contributed by atoms with Crippen molar-refractivity contribution in [3.05, 3.63) is 5.15 Å². The second-order valence-corrected chi connectivity index (χ2v) is 6.39. The van der Waals surface area contributed by atoms with E-state index in [0.29, 0.717) is 10.6 Å². The Morgan fingerprint density at radius 2 is 1.88 bits per heavy atom. The van der Waals surface area contributed by atoms with Crippen molar-refractivity contribution in [2.75, 3.05) is 18.0 Å². The van der Waals surface area contributed by atoms with Crippen LogP contribution in [0.2, 0.25) is 5.15 Å². The van der Waals surface area contributed by atoms with Crippen LogP contribution in [0.15, 0.2) is 0 Å². The molecule has 1 aliphatic heterocycles. The molecular formula is C11H18ClN3S. The average molecular weight is 260 g/mol. The van der Waals surface area contributed by atoms with Gasteiger partial charge in [0.05, 0.1) is 11.7 Å². The molecule has 0 atom stereocenters. The molecule has 2 heterocycles. The molecule has 0 unspecified atom stereocenters. The number of aromatic nitrogens is 2. The van der Waals surface area contributed by atoms with Crippen LogP contribution in [0.3, 0.4) is 0 Å². The number of hydrogen-bond acceptors (Lipinski definition) is 4. The minimum Gasteiger partial charge on any atom is -0.353 e. The minimum absolute atomic E-state index is 0.413. The SMILES string of the molecule is CC(C)(C)C1CCN(c2nsnc2Cl)CC1. The van der Waals surface area contributed by atoms with Crippen molar-refractivity contribution < 1.29 is 0 Å². The molecule has 5 heteroatoms. The summed E-state index contributed by atoms with van der Waals surface area (Å²) < 4.78 is 8.27. The van der Waals surface area contributed by atoms with Gasteiger partial charge in [0.2, 0.25) is 0 Å². The van der Waals surface area contributed by atoms with Gasteiger partial charge in [-0.05, 0) is 24.2 Å². The smallest absolute Gasteiger partial charge is 0.187 e. The maximum absolute atomic E-state index is 5.99. The van der Waals surface area contributed by atoms with Crippen molar-refractivity contribution in [3.8, 4) is 0 Å². The Morgan fingerprint density at radius 3 is 2.31 bits per heavy atom. The van der Waals surface area contributed by atoms with Gasteiger partial charge in [-0.3, -0.25) is 0 Å². The van der Waals surface area contributed by atoms with Gasteiger partial charge in [0.1, 0.15) is 0 Å². The van der Waals surface area contributed by atoms with Crippen molar-refractivity contribution in [2.45, 2.75) is 33.6 Å². The Hall–Kier alpha value is -0.350. The summed E-state index contributed by atoms with van der Waals surface area (Å²) in [7, 11) is 0. The number of anilines is 1. The molecule has 0 radical (unpaired) electrons. The first-order valence-corrected chi connectivity index (χ1v) is 6.82. The van der Waals surface area contributed by atoms with Crippen LogP contribution in [0.1, 0.15) is 33.6 Å². The van der Waals surface area contributed by atoms with Crippen molar-refractivity contribution in [1.82, 2.24) is 8.75 Å². The third-order valence-electron chi connectivity index (χ3n) is 3.45. The monoisotopic (exact) mass is 259 g/mol. The van der Waals surface area contributed by atoms with Gasteiger partial charge in [0.25, 0.3) is 0 Å². The number of rotatable bonds is 1. The quantitative estimate of drug-likeness (QED) is 0.774. The number of hydrogen-bond donors (Lipinski definition) is 0. The molecule has 1 aromatic rings. The van der Waals surface area contributed by atoms with Crippen molar-refractivity contribution in [3.63, 3.8) is 0 Å². The first kappa shape index (κ1) is 12.1. The van der Waals surface area contributed by atoms with Crippen LogP contribution >= 0.6 is 23.3 Å². The standard InChI is InChI=1S/C11H18ClN3S/c1-11(2,3)8-4-6-15(7-5-8)10-9(12)13-16-14-10/h8H,4-7H2,1-3H3. The molecular weight excluding hydrogens is 242 g/mol. The lowest BCUT2D eigenvalue weighted by atomic mass is 9.75. The van der Waals surface area contributed by atoms with E-state index in [1.807, 2.05) is 0 Å². The van der Waals surface area contributed by atoms with Gasteiger partial charge < -0.3 is 4.90 Å². The molecule has 0 saturated carbocycles. The lowest BCUT2D eigenvalue weighted by molar-refractivity contribution is 0.199. The summed E-state index contributed by atoms with van der Waals surface area (Å²) in [6.45, 7) is 9.07. The molecule has 16 heavy (non-hydrogen) atoms. The molecule has 3 nitrogen and oxygen atoms in total. The van der Waals surface area contributed by atoms with E-state index in [1.54, 1.807) is 0 Å². The zero-order valence-corrected chi connectivity index (χ0v) is 11.6. The van der Waals surface area contributed by atoms with E-state index in [0.717, 1.165) is 24.8 Å². The molecule has 0 spiro atoms. The predicted octanol–water partition coefficient (Wildman–Crippen LogP) is 3.45. The third kappa shape index (κ3) is 2.48. The van der Waals surface area contributed by atoms with Crippen molar-refractivity contribution in [1.29, 1.82) is 0 Å². The van der Waals surface area contributed by atoms with E-state index in [2.05, 4.69) is 34.4 Å². The zero-order chi connectivity index (χ0) is 11.8. The van der Waals surface area contributed by atoms with Crippen LogP contribution < -0.4 is 4.90 Å². The van der Waals surface area contributed by atoms with Crippen LogP contribution in [0, 0.1) is 11.3 Å². The first-order chi connectivity index (χ1) is 7.48. The van der Waals surface area contributed by atoms with Crippen molar-refractivity contribution in [2.24, 2.45) is 11.3 Å². The second-order valence-electron chi connectivity index (χ2n) is 5.51. The highest BCUT2D eigenvalue weighted by atomic mass is 35.5. The van der Waals surface area contributed by atoms with Gasteiger partial charge >= 0.3 is 0 Å². The molecule has 1 aliphatic rings.